The molecule has 4 nitrogen and oxygen atoms in total. The molecule has 2 rings (SSSR count). The number of thioether (sulfide) groups is 1. The van der Waals surface area contributed by atoms with E-state index in [9.17, 15) is 9.59 Å². The highest BCUT2D eigenvalue weighted by molar-refractivity contribution is 9.10. The Kier molecular flexibility index (Phi) is 6.87. The Morgan fingerprint density at radius 2 is 1.92 bits per heavy atom. The quantitative estimate of drug-likeness (QED) is 0.568. The Balaban J connectivity index is 1.81. The summed E-state index contributed by atoms with van der Waals surface area (Å²) in [6.45, 7) is 3.41. The first-order valence-corrected chi connectivity index (χ1v) is 9.07. The molecule has 0 spiro atoms. The minimum absolute atomic E-state index is 0.307. The third-order valence-corrected chi connectivity index (χ3v) is 4.88. The molecule has 0 radical (unpaired) electrons. The van der Waals surface area contributed by atoms with Crippen molar-refractivity contribution < 1.29 is 14.3 Å². The highest BCUT2D eigenvalue weighted by Gasteiger charge is 2.17. The summed E-state index contributed by atoms with van der Waals surface area (Å²) in [4.78, 5) is 24.9. The fraction of sp³-hybridized carbons (Fsp3) is 0.222. The lowest BCUT2D eigenvalue weighted by atomic mass is 10.2. The van der Waals surface area contributed by atoms with E-state index in [4.69, 9.17) is 4.74 Å². The molecule has 1 N–H and O–H groups in total. The van der Waals surface area contributed by atoms with E-state index in [0.717, 1.165) is 14.9 Å². The predicted molar refractivity (Wildman–Crippen MR) is 100 cm³/mol. The molecule has 0 unspecified atom stereocenters. The molecule has 24 heavy (non-hydrogen) atoms. The van der Waals surface area contributed by atoms with Gasteiger partial charge in [0.1, 0.15) is 5.25 Å². The van der Waals surface area contributed by atoms with Crippen LogP contribution in [0.5, 0.6) is 0 Å². The first-order chi connectivity index (χ1) is 11.5. The number of amides is 1. The lowest BCUT2D eigenvalue weighted by Gasteiger charge is -2.12. The van der Waals surface area contributed by atoms with Crippen molar-refractivity contribution in [3.63, 3.8) is 0 Å². The molecule has 2 aromatic carbocycles. The zero-order valence-electron chi connectivity index (χ0n) is 13.4. The fourth-order valence-electron chi connectivity index (χ4n) is 1.91. The summed E-state index contributed by atoms with van der Waals surface area (Å²) in [5.41, 5.74) is 1.73. The van der Waals surface area contributed by atoms with E-state index in [0.29, 0.717) is 5.69 Å². The lowest BCUT2D eigenvalue weighted by Crippen LogP contribution is -2.24. The minimum Gasteiger partial charge on any atom is -0.455 e. The smallest absolute Gasteiger partial charge is 0.319 e. The molecular weight excluding hydrogens is 390 g/mol. The van der Waals surface area contributed by atoms with Crippen molar-refractivity contribution in [2.45, 2.75) is 24.0 Å². The third-order valence-electron chi connectivity index (χ3n) is 3.13. The number of ether oxygens (including phenoxy) is 1. The van der Waals surface area contributed by atoms with Crippen LogP contribution in [-0.2, 0) is 14.3 Å². The third kappa shape index (κ3) is 5.69. The van der Waals surface area contributed by atoms with Gasteiger partial charge in [-0.05, 0) is 59.6 Å². The molecule has 0 fully saturated rings. The number of anilines is 1. The average Bonchev–Trinajstić information content (AvgIpc) is 2.56. The van der Waals surface area contributed by atoms with E-state index < -0.39 is 5.97 Å². The van der Waals surface area contributed by atoms with Crippen molar-refractivity contribution in [1.82, 2.24) is 0 Å². The van der Waals surface area contributed by atoms with Crippen LogP contribution in [0.3, 0.4) is 0 Å². The summed E-state index contributed by atoms with van der Waals surface area (Å²) in [7, 11) is 0. The number of esters is 1. The number of rotatable bonds is 6. The number of halogens is 1. The van der Waals surface area contributed by atoms with Crippen molar-refractivity contribution in [2.75, 3.05) is 11.9 Å². The Morgan fingerprint density at radius 1 is 1.21 bits per heavy atom. The van der Waals surface area contributed by atoms with Crippen molar-refractivity contribution in [3.05, 3.63) is 58.6 Å². The van der Waals surface area contributed by atoms with Crippen LogP contribution in [0.2, 0.25) is 0 Å². The molecule has 0 bridgehead atoms. The summed E-state index contributed by atoms with van der Waals surface area (Å²) in [5, 5.41) is 2.33. The maximum atomic E-state index is 12.0. The summed E-state index contributed by atoms with van der Waals surface area (Å²) < 4.78 is 5.87. The zero-order chi connectivity index (χ0) is 17.5. The van der Waals surface area contributed by atoms with E-state index in [2.05, 4.69) is 21.2 Å². The van der Waals surface area contributed by atoms with Gasteiger partial charge >= 0.3 is 5.97 Å². The van der Waals surface area contributed by atoms with Crippen LogP contribution in [0.4, 0.5) is 5.69 Å². The molecule has 0 aliphatic carbocycles. The second-order valence-corrected chi connectivity index (χ2v) is 7.48. The number of benzene rings is 2. The molecule has 0 saturated carbocycles. The molecule has 0 saturated heterocycles. The number of hydrogen-bond donors (Lipinski definition) is 1. The predicted octanol–water partition coefficient (Wildman–Crippen LogP) is 4.42. The van der Waals surface area contributed by atoms with Crippen molar-refractivity contribution >= 4 is 45.3 Å². The maximum Gasteiger partial charge on any atom is 0.319 e. The van der Waals surface area contributed by atoms with Gasteiger partial charge < -0.3 is 10.1 Å². The van der Waals surface area contributed by atoms with Gasteiger partial charge in [0.15, 0.2) is 6.61 Å². The lowest BCUT2D eigenvalue weighted by molar-refractivity contribution is -0.146. The van der Waals surface area contributed by atoms with Crippen LogP contribution in [0.15, 0.2) is 57.9 Å². The molecule has 1 amide bonds. The molecule has 0 heterocycles. The van der Waals surface area contributed by atoms with Crippen LogP contribution in [0.25, 0.3) is 0 Å². The minimum atomic E-state index is -0.415. The van der Waals surface area contributed by atoms with E-state index >= 15 is 0 Å². The van der Waals surface area contributed by atoms with Gasteiger partial charge in [-0.2, -0.15) is 0 Å². The van der Waals surface area contributed by atoms with Crippen LogP contribution in [0.1, 0.15) is 12.5 Å². The SMILES string of the molecule is Cc1ccc(NC(=O)COC(=O)[C@H](C)Sc2ccccc2)c(Br)c1. The Bertz CT molecular complexity index is 721. The van der Waals surface area contributed by atoms with Gasteiger partial charge in [0, 0.05) is 9.37 Å². The van der Waals surface area contributed by atoms with Crippen LogP contribution >= 0.6 is 27.7 Å². The van der Waals surface area contributed by atoms with Crippen LogP contribution in [-0.4, -0.2) is 23.7 Å². The van der Waals surface area contributed by atoms with Crippen LogP contribution in [0, 0.1) is 6.92 Å². The normalized spacial score (nSPS) is 11.6. The molecule has 0 aliphatic rings. The highest BCUT2D eigenvalue weighted by atomic mass is 79.9. The second-order valence-electron chi connectivity index (χ2n) is 5.21. The number of carbonyl (C=O) groups excluding carboxylic acids is 2. The number of carbonyl (C=O) groups is 2. The Hall–Kier alpha value is -1.79. The summed E-state index contributed by atoms with van der Waals surface area (Å²) in [5.74, 6) is -0.785. The van der Waals surface area contributed by atoms with Gasteiger partial charge in [0.05, 0.1) is 5.69 Å². The summed E-state index contributed by atoms with van der Waals surface area (Å²) >= 11 is 4.79. The largest absolute Gasteiger partial charge is 0.455 e. The maximum absolute atomic E-state index is 12.0. The molecule has 1 atom stereocenters. The van der Waals surface area contributed by atoms with E-state index in [-0.39, 0.29) is 17.8 Å². The van der Waals surface area contributed by atoms with Gasteiger partial charge in [0.2, 0.25) is 0 Å². The molecular formula is C18H18BrNO3S. The Labute approximate surface area is 154 Å². The average molecular weight is 408 g/mol. The topological polar surface area (TPSA) is 55.4 Å². The molecule has 2 aromatic rings. The van der Waals surface area contributed by atoms with Crippen molar-refractivity contribution in [1.29, 1.82) is 0 Å². The van der Waals surface area contributed by atoms with E-state index in [1.165, 1.54) is 11.8 Å². The van der Waals surface area contributed by atoms with Gasteiger partial charge in [0.25, 0.3) is 5.91 Å². The van der Waals surface area contributed by atoms with E-state index in [1.54, 1.807) is 13.0 Å². The van der Waals surface area contributed by atoms with Crippen LogP contribution < -0.4 is 5.32 Å². The molecule has 0 aromatic heterocycles. The first kappa shape index (κ1) is 18.5. The van der Waals surface area contributed by atoms with Crippen molar-refractivity contribution in [2.24, 2.45) is 0 Å². The first-order valence-electron chi connectivity index (χ1n) is 7.40. The number of nitrogens with one attached hydrogen (secondary N) is 1. The van der Waals surface area contributed by atoms with Gasteiger partial charge in [-0.25, -0.2) is 0 Å². The summed E-state index contributed by atoms with van der Waals surface area (Å²) in [6.07, 6.45) is 0. The monoisotopic (exact) mass is 407 g/mol. The molecule has 126 valence electrons. The van der Waals surface area contributed by atoms with Gasteiger partial charge in [-0.1, -0.05) is 24.3 Å². The standard InChI is InChI=1S/C18H18BrNO3S/c1-12-8-9-16(15(19)10-12)20-17(21)11-23-18(22)13(2)24-14-6-4-3-5-7-14/h3-10,13H,11H2,1-2H3,(H,20,21)/t13-/m0/s1. The second kappa shape index (κ2) is 8.89. The number of hydrogen-bond acceptors (Lipinski definition) is 4. The van der Waals surface area contributed by atoms with Crippen molar-refractivity contribution in [3.8, 4) is 0 Å². The zero-order valence-corrected chi connectivity index (χ0v) is 15.8. The molecule has 0 aliphatic heterocycles. The van der Waals surface area contributed by atoms with Gasteiger partial charge in [-0.3, -0.25) is 9.59 Å². The van der Waals surface area contributed by atoms with E-state index in [1.807, 2.05) is 49.4 Å². The highest BCUT2D eigenvalue weighted by Crippen LogP contribution is 2.24. The fourth-order valence-corrected chi connectivity index (χ4v) is 3.39. The number of aryl methyl sites for hydroxylation is 1. The Morgan fingerprint density at radius 3 is 2.58 bits per heavy atom. The van der Waals surface area contributed by atoms with Gasteiger partial charge in [-0.15, -0.1) is 11.8 Å². The summed E-state index contributed by atoms with van der Waals surface area (Å²) in [6, 6.07) is 15.2. The molecule has 6 heteroatoms.